The number of halogens is 1. The molecule has 0 radical (unpaired) electrons. The second-order valence-corrected chi connectivity index (χ2v) is 3.42. The highest BCUT2D eigenvalue weighted by Crippen LogP contribution is 2.01. The molecule has 80 valence electrons. The van der Waals surface area contributed by atoms with E-state index in [9.17, 15) is 4.79 Å². The van der Waals surface area contributed by atoms with Crippen molar-refractivity contribution >= 4 is 36.6 Å². The number of carbonyl (C=O) groups excluding carboxylic acids is 1. The van der Waals surface area contributed by atoms with Crippen LogP contribution >= 0.6 is 11.6 Å². The summed E-state index contributed by atoms with van der Waals surface area (Å²) in [7, 11) is 1.89. The summed E-state index contributed by atoms with van der Waals surface area (Å²) >= 11 is 5.65. The molecule has 0 aliphatic rings. The summed E-state index contributed by atoms with van der Waals surface area (Å²) in [6.07, 6.45) is 1.65. The fraction of sp³-hybridized carbons (Fsp3) is 0.375. The molecule has 0 fully saturated rings. The highest BCUT2D eigenvalue weighted by Gasteiger charge is 2.00. The Kier molecular flexibility index (Phi) is 4.36. The van der Waals surface area contributed by atoms with E-state index in [1.807, 2.05) is 7.85 Å². The molecule has 0 saturated heterocycles. The third kappa shape index (κ3) is 4.16. The Hall–Kier alpha value is -1.30. The normalized spacial score (nSPS) is 9.73. The predicted molar refractivity (Wildman–Crippen MR) is 62.4 cm³/mol. The van der Waals surface area contributed by atoms with Gasteiger partial charge in [0.25, 0.3) is 0 Å². The summed E-state index contributed by atoms with van der Waals surface area (Å²) in [4.78, 5) is 18.5. The zero-order valence-electron chi connectivity index (χ0n) is 8.67. The summed E-state index contributed by atoms with van der Waals surface area (Å²) < 4.78 is 0. The topological polar surface area (TPSA) is 66.9 Å². The molecule has 0 spiro atoms. The van der Waals surface area contributed by atoms with Gasteiger partial charge in [0, 0.05) is 26.2 Å². The number of nitrogens with one attached hydrogen (secondary N) is 2. The minimum Gasteiger partial charge on any atom is -0.369 e. The maximum atomic E-state index is 10.6. The maximum absolute atomic E-state index is 10.6. The summed E-state index contributed by atoms with van der Waals surface area (Å²) in [5.74, 6) is 0.648. The van der Waals surface area contributed by atoms with E-state index in [-0.39, 0.29) is 11.2 Å². The highest BCUT2D eigenvalue weighted by atomic mass is 35.5. The van der Waals surface area contributed by atoms with Crippen LogP contribution in [0.25, 0.3) is 0 Å². The number of aromatic nitrogens is 2. The predicted octanol–water partition coefficient (Wildman–Crippen LogP) is -1.06. The Morgan fingerprint density at radius 2 is 2.33 bits per heavy atom. The largest absolute Gasteiger partial charge is 0.369 e. The lowest BCUT2D eigenvalue weighted by atomic mass is 9.99. The van der Waals surface area contributed by atoms with Crippen molar-refractivity contribution in [1.82, 2.24) is 15.3 Å². The lowest BCUT2D eigenvalue weighted by Crippen LogP contribution is -2.28. The average Bonchev–Trinajstić information content (AvgIpc) is 2.17. The standard InChI is InChI=1S/C8H12BClN4O/c1-5(15)11-2-3-12-7-6(9)4-13-8(10)14-7/h4H,2-3,9H2,1H3,(H,11,15)(H,12,13,14). The van der Waals surface area contributed by atoms with E-state index in [2.05, 4.69) is 20.6 Å². The van der Waals surface area contributed by atoms with Crippen molar-refractivity contribution in [2.45, 2.75) is 6.92 Å². The zero-order chi connectivity index (χ0) is 11.3. The molecule has 1 aromatic heterocycles. The molecular weight excluding hydrogens is 214 g/mol. The number of rotatable bonds is 4. The molecule has 1 rings (SSSR count). The Labute approximate surface area is 94.0 Å². The first kappa shape index (κ1) is 11.8. The molecule has 0 aliphatic heterocycles. The quantitative estimate of drug-likeness (QED) is 0.390. The van der Waals surface area contributed by atoms with Gasteiger partial charge in [0.1, 0.15) is 13.7 Å². The molecule has 5 nitrogen and oxygen atoms in total. The molecule has 2 N–H and O–H groups in total. The van der Waals surface area contributed by atoms with Gasteiger partial charge in [-0.2, -0.15) is 0 Å². The monoisotopic (exact) mass is 226 g/mol. The van der Waals surface area contributed by atoms with Crippen molar-refractivity contribution in [3.63, 3.8) is 0 Å². The van der Waals surface area contributed by atoms with E-state index >= 15 is 0 Å². The number of anilines is 1. The van der Waals surface area contributed by atoms with Gasteiger partial charge >= 0.3 is 0 Å². The average molecular weight is 226 g/mol. The minimum absolute atomic E-state index is 0.0470. The molecule has 1 heterocycles. The molecule has 7 heteroatoms. The van der Waals surface area contributed by atoms with E-state index < -0.39 is 0 Å². The van der Waals surface area contributed by atoms with Gasteiger partial charge in [0.2, 0.25) is 11.2 Å². The van der Waals surface area contributed by atoms with E-state index in [1.54, 1.807) is 6.20 Å². The molecule has 0 aromatic carbocycles. The third-order valence-electron chi connectivity index (χ3n) is 1.73. The molecular formula is C8H12BClN4O. The first-order valence-electron chi connectivity index (χ1n) is 4.57. The van der Waals surface area contributed by atoms with Crippen LogP contribution < -0.4 is 16.1 Å². The number of hydrogen-bond donors (Lipinski definition) is 2. The molecule has 1 amide bonds. The summed E-state index contributed by atoms with van der Waals surface area (Å²) in [5.41, 5.74) is 0.919. The van der Waals surface area contributed by atoms with Crippen LogP contribution in [-0.2, 0) is 4.79 Å². The van der Waals surface area contributed by atoms with Gasteiger partial charge in [-0.15, -0.1) is 0 Å². The molecule has 0 atom stereocenters. The lowest BCUT2D eigenvalue weighted by molar-refractivity contribution is -0.118. The summed E-state index contributed by atoms with van der Waals surface area (Å²) in [5, 5.41) is 5.94. The maximum Gasteiger partial charge on any atom is 0.224 e. The second kappa shape index (κ2) is 5.55. The smallest absolute Gasteiger partial charge is 0.224 e. The van der Waals surface area contributed by atoms with E-state index in [1.165, 1.54) is 6.92 Å². The zero-order valence-corrected chi connectivity index (χ0v) is 9.43. The lowest BCUT2D eigenvalue weighted by Gasteiger charge is -2.08. The van der Waals surface area contributed by atoms with Gasteiger partial charge in [0.15, 0.2) is 0 Å². The first-order chi connectivity index (χ1) is 7.09. The van der Waals surface area contributed by atoms with Gasteiger partial charge in [0.05, 0.1) is 0 Å². The second-order valence-electron chi connectivity index (χ2n) is 3.08. The van der Waals surface area contributed by atoms with Gasteiger partial charge in [-0.05, 0) is 17.1 Å². The van der Waals surface area contributed by atoms with Crippen LogP contribution in [0.4, 0.5) is 5.82 Å². The minimum atomic E-state index is -0.0470. The number of hydrogen-bond acceptors (Lipinski definition) is 4. The van der Waals surface area contributed by atoms with Crippen LogP contribution in [0.15, 0.2) is 6.20 Å². The van der Waals surface area contributed by atoms with Crippen LogP contribution in [0.5, 0.6) is 0 Å². The fourth-order valence-electron chi connectivity index (χ4n) is 1.02. The van der Waals surface area contributed by atoms with Crippen molar-refractivity contribution in [3.05, 3.63) is 11.5 Å². The van der Waals surface area contributed by atoms with Crippen LogP contribution in [0.1, 0.15) is 6.92 Å². The summed E-state index contributed by atoms with van der Waals surface area (Å²) in [6.45, 7) is 2.64. The highest BCUT2D eigenvalue weighted by molar-refractivity contribution is 6.35. The van der Waals surface area contributed by atoms with Crippen molar-refractivity contribution < 1.29 is 4.79 Å². The molecule has 0 bridgehead atoms. The van der Waals surface area contributed by atoms with Gasteiger partial charge in [-0.1, -0.05) is 0 Å². The molecule has 0 unspecified atom stereocenters. The first-order valence-corrected chi connectivity index (χ1v) is 4.95. The van der Waals surface area contributed by atoms with Crippen molar-refractivity contribution in [3.8, 4) is 0 Å². The van der Waals surface area contributed by atoms with Crippen LogP contribution in [0.3, 0.4) is 0 Å². The van der Waals surface area contributed by atoms with Crippen LogP contribution in [-0.4, -0.2) is 36.8 Å². The van der Waals surface area contributed by atoms with E-state index in [0.717, 1.165) is 5.46 Å². The Morgan fingerprint density at radius 3 is 3.00 bits per heavy atom. The summed E-state index contributed by atoms with van der Waals surface area (Å²) in [6, 6.07) is 0. The van der Waals surface area contributed by atoms with Crippen molar-refractivity contribution in [1.29, 1.82) is 0 Å². The van der Waals surface area contributed by atoms with Crippen molar-refractivity contribution in [2.75, 3.05) is 18.4 Å². The number of carbonyl (C=O) groups is 1. The van der Waals surface area contributed by atoms with Gasteiger partial charge in [-0.3, -0.25) is 4.79 Å². The molecule has 15 heavy (non-hydrogen) atoms. The molecule has 0 saturated carbocycles. The Morgan fingerprint density at radius 1 is 1.60 bits per heavy atom. The SMILES string of the molecule is Bc1cnc(Cl)nc1NCCNC(C)=O. The Balaban J connectivity index is 2.43. The third-order valence-corrected chi connectivity index (χ3v) is 1.92. The van der Waals surface area contributed by atoms with Crippen LogP contribution in [0.2, 0.25) is 5.28 Å². The van der Waals surface area contributed by atoms with E-state index in [4.69, 9.17) is 11.6 Å². The molecule has 1 aromatic rings. The van der Waals surface area contributed by atoms with Crippen molar-refractivity contribution in [2.24, 2.45) is 0 Å². The number of nitrogens with zero attached hydrogens (tertiary/aromatic N) is 2. The van der Waals surface area contributed by atoms with Gasteiger partial charge < -0.3 is 10.6 Å². The Bertz CT molecular complexity index is 360. The molecule has 0 aliphatic carbocycles. The van der Waals surface area contributed by atoms with E-state index in [0.29, 0.717) is 18.9 Å². The van der Waals surface area contributed by atoms with Gasteiger partial charge in [-0.25, -0.2) is 9.97 Å². The number of amides is 1. The van der Waals surface area contributed by atoms with Crippen LogP contribution in [0, 0.1) is 0 Å². The fourth-order valence-corrected chi connectivity index (χ4v) is 1.15.